The summed E-state index contributed by atoms with van der Waals surface area (Å²) in [5.74, 6) is 0.818. The van der Waals surface area contributed by atoms with E-state index in [-0.39, 0.29) is 5.69 Å². The molecule has 0 aliphatic carbocycles. The maximum atomic E-state index is 12.0. The van der Waals surface area contributed by atoms with E-state index in [4.69, 9.17) is 10.5 Å². The Balaban J connectivity index is 2.05. The van der Waals surface area contributed by atoms with Gasteiger partial charge in [0.15, 0.2) is 0 Å². The number of rotatable bonds is 3. The minimum absolute atomic E-state index is 0.0546. The van der Waals surface area contributed by atoms with Crippen LogP contribution in [0.4, 0.5) is 5.69 Å². The number of aromatic nitrogens is 2. The number of nitrogens with two attached hydrogens (primary N) is 1. The van der Waals surface area contributed by atoms with Crippen LogP contribution in [0, 0.1) is 0 Å². The van der Waals surface area contributed by atoms with Gasteiger partial charge in [0.1, 0.15) is 5.75 Å². The molecule has 0 spiro atoms. The minimum atomic E-state index is -0.0546. The van der Waals surface area contributed by atoms with Gasteiger partial charge >= 0.3 is 5.69 Å². The molecule has 0 amide bonds. The standard InChI is InChI=1S/C16H17N3O2S/c1-18-13-8-12(17)15(9-14(13)19(2)16(18)20)22-11-6-4-10(21-3)5-7-11/h4-9H,17H2,1-3H3. The van der Waals surface area contributed by atoms with E-state index in [1.54, 1.807) is 42.1 Å². The lowest BCUT2D eigenvalue weighted by atomic mass is 10.3. The summed E-state index contributed by atoms with van der Waals surface area (Å²) in [5.41, 5.74) is 8.47. The Morgan fingerprint density at radius 3 is 2.23 bits per heavy atom. The van der Waals surface area contributed by atoms with Crippen LogP contribution in [0.1, 0.15) is 0 Å². The third kappa shape index (κ3) is 2.35. The first-order valence-electron chi connectivity index (χ1n) is 6.78. The fourth-order valence-electron chi connectivity index (χ4n) is 2.40. The van der Waals surface area contributed by atoms with E-state index in [1.165, 1.54) is 0 Å². The first-order chi connectivity index (χ1) is 10.5. The van der Waals surface area contributed by atoms with Gasteiger partial charge in [-0.2, -0.15) is 0 Å². The van der Waals surface area contributed by atoms with Gasteiger partial charge in [-0.15, -0.1) is 0 Å². The van der Waals surface area contributed by atoms with Gasteiger partial charge in [-0.1, -0.05) is 11.8 Å². The van der Waals surface area contributed by atoms with E-state index in [2.05, 4.69) is 0 Å². The average molecular weight is 315 g/mol. The number of imidazole rings is 1. The molecule has 114 valence electrons. The Labute approximate surface area is 132 Å². The summed E-state index contributed by atoms with van der Waals surface area (Å²) in [4.78, 5) is 14.0. The topological polar surface area (TPSA) is 62.2 Å². The van der Waals surface area contributed by atoms with Crippen LogP contribution in [-0.4, -0.2) is 16.2 Å². The van der Waals surface area contributed by atoms with Crippen LogP contribution in [0.2, 0.25) is 0 Å². The maximum Gasteiger partial charge on any atom is 0.328 e. The molecule has 0 atom stereocenters. The predicted molar refractivity (Wildman–Crippen MR) is 89.7 cm³/mol. The largest absolute Gasteiger partial charge is 0.497 e. The highest BCUT2D eigenvalue weighted by Gasteiger charge is 2.12. The Hall–Kier alpha value is -2.34. The fourth-order valence-corrected chi connectivity index (χ4v) is 3.27. The molecular formula is C16H17N3O2S. The van der Waals surface area contributed by atoms with E-state index in [0.717, 1.165) is 26.6 Å². The number of fused-ring (bicyclic) bond motifs is 1. The van der Waals surface area contributed by atoms with Crippen LogP contribution >= 0.6 is 11.8 Å². The van der Waals surface area contributed by atoms with Gasteiger partial charge in [0.25, 0.3) is 0 Å². The Bertz CT molecular complexity index is 894. The van der Waals surface area contributed by atoms with E-state index in [9.17, 15) is 4.79 Å². The minimum Gasteiger partial charge on any atom is -0.497 e. The van der Waals surface area contributed by atoms with Crippen molar-refractivity contribution in [2.75, 3.05) is 12.8 Å². The molecule has 5 nitrogen and oxygen atoms in total. The lowest BCUT2D eigenvalue weighted by molar-refractivity contribution is 0.414. The lowest BCUT2D eigenvalue weighted by Crippen LogP contribution is -2.19. The average Bonchev–Trinajstić information content (AvgIpc) is 2.73. The van der Waals surface area contributed by atoms with Crippen LogP contribution in [-0.2, 0) is 14.1 Å². The Morgan fingerprint density at radius 2 is 1.64 bits per heavy atom. The predicted octanol–water partition coefficient (Wildman–Crippen LogP) is 2.62. The molecule has 3 rings (SSSR count). The smallest absolute Gasteiger partial charge is 0.328 e. The molecule has 1 heterocycles. The molecule has 22 heavy (non-hydrogen) atoms. The van der Waals surface area contributed by atoms with Crippen LogP contribution < -0.4 is 16.2 Å². The van der Waals surface area contributed by atoms with Crippen molar-refractivity contribution in [2.45, 2.75) is 9.79 Å². The van der Waals surface area contributed by atoms with Gasteiger partial charge in [-0.3, -0.25) is 9.13 Å². The lowest BCUT2D eigenvalue weighted by Gasteiger charge is -2.07. The quantitative estimate of drug-likeness (QED) is 0.755. The SMILES string of the molecule is COc1ccc(Sc2cc3c(cc2N)n(C)c(=O)n3C)cc1. The van der Waals surface area contributed by atoms with Crippen molar-refractivity contribution >= 4 is 28.5 Å². The summed E-state index contributed by atoms with van der Waals surface area (Å²) in [6, 6.07) is 11.6. The molecule has 0 radical (unpaired) electrons. The molecule has 2 aromatic carbocycles. The van der Waals surface area contributed by atoms with Gasteiger partial charge in [0.2, 0.25) is 0 Å². The molecule has 0 bridgehead atoms. The third-order valence-electron chi connectivity index (χ3n) is 3.69. The zero-order valence-electron chi connectivity index (χ0n) is 12.7. The Morgan fingerprint density at radius 1 is 1.05 bits per heavy atom. The maximum absolute atomic E-state index is 12.0. The molecule has 1 aromatic heterocycles. The molecule has 0 fully saturated rings. The zero-order chi connectivity index (χ0) is 15.9. The monoisotopic (exact) mass is 315 g/mol. The molecule has 3 aromatic rings. The number of nitrogen functional groups attached to an aromatic ring is 1. The third-order valence-corrected chi connectivity index (χ3v) is 4.77. The van der Waals surface area contributed by atoms with Crippen LogP contribution in [0.3, 0.4) is 0 Å². The number of benzene rings is 2. The van der Waals surface area contributed by atoms with E-state index in [0.29, 0.717) is 5.69 Å². The first-order valence-corrected chi connectivity index (χ1v) is 7.59. The van der Waals surface area contributed by atoms with Crippen LogP contribution in [0.5, 0.6) is 5.75 Å². The highest BCUT2D eigenvalue weighted by atomic mass is 32.2. The second-order valence-corrected chi connectivity index (χ2v) is 6.17. The van der Waals surface area contributed by atoms with Gasteiger partial charge in [0, 0.05) is 29.6 Å². The number of anilines is 1. The summed E-state index contributed by atoms with van der Waals surface area (Å²) >= 11 is 1.57. The van der Waals surface area contributed by atoms with E-state index < -0.39 is 0 Å². The van der Waals surface area contributed by atoms with Gasteiger partial charge in [-0.25, -0.2) is 4.79 Å². The van der Waals surface area contributed by atoms with Gasteiger partial charge in [0.05, 0.1) is 18.1 Å². The normalized spacial score (nSPS) is 11.0. The van der Waals surface area contributed by atoms with Crippen molar-refractivity contribution in [1.82, 2.24) is 9.13 Å². The Kier molecular flexibility index (Phi) is 3.62. The van der Waals surface area contributed by atoms with Crippen LogP contribution in [0.15, 0.2) is 51.0 Å². The summed E-state index contributed by atoms with van der Waals surface area (Å²) in [7, 11) is 5.16. The number of hydrogen-bond acceptors (Lipinski definition) is 4. The molecule has 2 N–H and O–H groups in total. The second kappa shape index (κ2) is 5.46. The molecule has 0 unspecified atom stereocenters. The summed E-state index contributed by atoms with van der Waals surface area (Å²) in [6.45, 7) is 0. The zero-order valence-corrected chi connectivity index (χ0v) is 13.5. The number of hydrogen-bond donors (Lipinski definition) is 1. The van der Waals surface area contributed by atoms with E-state index >= 15 is 0 Å². The fraction of sp³-hybridized carbons (Fsp3) is 0.188. The highest BCUT2D eigenvalue weighted by molar-refractivity contribution is 7.99. The molecule has 6 heteroatoms. The summed E-state index contributed by atoms with van der Waals surface area (Å²) in [5, 5.41) is 0. The first kappa shape index (κ1) is 14.6. The number of methoxy groups -OCH3 is 1. The molecule has 0 aliphatic heterocycles. The van der Waals surface area contributed by atoms with E-state index in [1.807, 2.05) is 36.4 Å². The second-order valence-electron chi connectivity index (χ2n) is 5.06. The molecule has 0 saturated carbocycles. The molecular weight excluding hydrogens is 298 g/mol. The van der Waals surface area contributed by atoms with Crippen LogP contribution in [0.25, 0.3) is 11.0 Å². The molecule has 0 aliphatic rings. The summed E-state index contributed by atoms with van der Waals surface area (Å²) < 4.78 is 8.39. The van der Waals surface area contributed by atoms with Crippen molar-refractivity contribution in [3.63, 3.8) is 0 Å². The van der Waals surface area contributed by atoms with Crippen molar-refractivity contribution in [2.24, 2.45) is 14.1 Å². The van der Waals surface area contributed by atoms with Crippen molar-refractivity contribution in [3.05, 3.63) is 46.9 Å². The summed E-state index contributed by atoms with van der Waals surface area (Å²) in [6.07, 6.45) is 0. The van der Waals surface area contributed by atoms with Crippen molar-refractivity contribution in [1.29, 1.82) is 0 Å². The highest BCUT2D eigenvalue weighted by Crippen LogP contribution is 2.35. The van der Waals surface area contributed by atoms with Gasteiger partial charge in [-0.05, 0) is 36.4 Å². The number of nitrogens with zero attached hydrogens (tertiary/aromatic N) is 2. The van der Waals surface area contributed by atoms with Gasteiger partial charge < -0.3 is 10.5 Å². The number of aryl methyl sites for hydroxylation is 2. The molecule has 0 saturated heterocycles. The number of ether oxygens (including phenoxy) is 1. The van der Waals surface area contributed by atoms with Crippen molar-refractivity contribution in [3.8, 4) is 5.75 Å². The van der Waals surface area contributed by atoms with Crippen molar-refractivity contribution < 1.29 is 4.74 Å².